The Kier molecular flexibility index (Phi) is 1.54. The number of carbonyl (C=O) groups is 1. The third-order valence-corrected chi connectivity index (χ3v) is 1.20. The zero-order valence-electron chi connectivity index (χ0n) is 5.16. The molecule has 0 aromatic rings. The van der Waals surface area contributed by atoms with Gasteiger partial charge in [0, 0.05) is 0 Å². The van der Waals surface area contributed by atoms with E-state index in [0.717, 1.165) is 0 Å². The highest BCUT2D eigenvalue weighted by atomic mass is 16.2. The highest BCUT2D eigenvalue weighted by Gasteiger charge is 2.24. The average Bonchev–Trinajstić information content (AvgIpc) is 1.88. The summed E-state index contributed by atoms with van der Waals surface area (Å²) >= 11 is 0. The summed E-state index contributed by atoms with van der Waals surface area (Å²) in [5.74, 6) is -1.16. The molecule has 52 valence electrons. The fourth-order valence-corrected chi connectivity index (χ4v) is 0.661. The molecule has 0 bridgehead atoms. The largest absolute Gasteiger partial charge is 0.386 e. The van der Waals surface area contributed by atoms with E-state index in [0.29, 0.717) is 0 Å². The maximum absolute atomic E-state index is 10.7. The van der Waals surface area contributed by atoms with Gasteiger partial charge in [0.25, 0.3) is 0 Å². The van der Waals surface area contributed by atoms with Gasteiger partial charge in [-0.05, 0) is 0 Å². The molecule has 1 heterocycles. The van der Waals surface area contributed by atoms with Crippen LogP contribution in [0.25, 0.3) is 0 Å². The molecule has 1 atom stereocenters. The predicted molar refractivity (Wildman–Crippen MR) is 33.7 cm³/mol. The molecule has 1 unspecified atom stereocenters. The van der Waals surface area contributed by atoms with Crippen molar-refractivity contribution < 1.29 is 4.79 Å². The minimum atomic E-state index is -0.895. The minimum absolute atomic E-state index is 0.103. The SMILES string of the molecule is N#CC1C(=O)NCN=C1N. The van der Waals surface area contributed by atoms with Gasteiger partial charge in [-0.2, -0.15) is 5.26 Å². The average molecular weight is 138 g/mol. The number of nitrogens with zero attached hydrogens (tertiary/aromatic N) is 2. The van der Waals surface area contributed by atoms with Crippen molar-refractivity contribution in [3.63, 3.8) is 0 Å². The highest BCUT2D eigenvalue weighted by Crippen LogP contribution is 1.98. The molecule has 0 spiro atoms. The number of hydrogen-bond acceptors (Lipinski definition) is 4. The molecule has 0 radical (unpaired) electrons. The number of nitrogens with one attached hydrogen (secondary N) is 1. The minimum Gasteiger partial charge on any atom is -0.386 e. The molecular weight excluding hydrogens is 132 g/mol. The van der Waals surface area contributed by atoms with Crippen LogP contribution >= 0.6 is 0 Å². The Bertz CT molecular complexity index is 226. The lowest BCUT2D eigenvalue weighted by Gasteiger charge is -2.13. The van der Waals surface area contributed by atoms with Crippen molar-refractivity contribution in [3.05, 3.63) is 0 Å². The van der Waals surface area contributed by atoms with Gasteiger partial charge >= 0.3 is 0 Å². The van der Waals surface area contributed by atoms with Crippen molar-refractivity contribution in [2.45, 2.75) is 0 Å². The second-order valence-corrected chi connectivity index (χ2v) is 1.84. The van der Waals surface area contributed by atoms with Crippen LogP contribution in [-0.2, 0) is 4.79 Å². The Morgan fingerprint density at radius 2 is 2.60 bits per heavy atom. The standard InChI is InChI=1S/C5H6N4O/c6-1-3-4(7)8-2-9-5(3)10/h3H,2H2,(H2,7,8)(H,9,10). The summed E-state index contributed by atoms with van der Waals surface area (Å²) in [5, 5.41) is 10.7. The Labute approximate surface area is 57.5 Å². The van der Waals surface area contributed by atoms with E-state index in [9.17, 15) is 4.79 Å². The third-order valence-electron chi connectivity index (χ3n) is 1.20. The van der Waals surface area contributed by atoms with Crippen LogP contribution in [0.15, 0.2) is 4.99 Å². The third kappa shape index (κ3) is 0.910. The first kappa shape index (κ1) is 6.55. The predicted octanol–water partition coefficient (Wildman–Crippen LogP) is -1.43. The van der Waals surface area contributed by atoms with E-state index in [1.165, 1.54) is 0 Å². The summed E-state index contributed by atoms with van der Waals surface area (Å²) in [6, 6.07) is 1.74. The molecule has 0 fully saturated rings. The van der Waals surface area contributed by atoms with Crippen LogP contribution in [0.4, 0.5) is 0 Å². The first-order valence-corrected chi connectivity index (χ1v) is 2.73. The lowest BCUT2D eigenvalue weighted by Crippen LogP contribution is -2.43. The van der Waals surface area contributed by atoms with Gasteiger partial charge in [0.2, 0.25) is 5.91 Å². The molecule has 10 heavy (non-hydrogen) atoms. The molecule has 0 aromatic heterocycles. The van der Waals surface area contributed by atoms with Crippen LogP contribution < -0.4 is 11.1 Å². The highest BCUT2D eigenvalue weighted by molar-refractivity contribution is 6.06. The van der Waals surface area contributed by atoms with Gasteiger partial charge in [-0.1, -0.05) is 0 Å². The van der Waals surface area contributed by atoms with E-state index >= 15 is 0 Å². The van der Waals surface area contributed by atoms with Gasteiger partial charge in [0.1, 0.15) is 12.5 Å². The first-order valence-electron chi connectivity index (χ1n) is 2.73. The Morgan fingerprint density at radius 1 is 1.90 bits per heavy atom. The zero-order chi connectivity index (χ0) is 7.56. The van der Waals surface area contributed by atoms with Crippen molar-refractivity contribution in [1.82, 2.24) is 5.32 Å². The van der Waals surface area contributed by atoms with Crippen molar-refractivity contribution in [3.8, 4) is 6.07 Å². The quantitative estimate of drug-likeness (QED) is 0.430. The fraction of sp³-hybridized carbons (Fsp3) is 0.400. The topological polar surface area (TPSA) is 91.3 Å². The molecule has 1 aliphatic rings. The van der Waals surface area contributed by atoms with Crippen molar-refractivity contribution in [1.29, 1.82) is 5.26 Å². The van der Waals surface area contributed by atoms with Crippen LogP contribution in [0.1, 0.15) is 0 Å². The summed E-state index contributed by atoms with van der Waals surface area (Å²) in [6.45, 7) is 0.183. The maximum Gasteiger partial charge on any atom is 0.246 e. The first-order chi connectivity index (χ1) is 4.75. The van der Waals surface area contributed by atoms with E-state index < -0.39 is 5.92 Å². The molecule has 3 N–H and O–H groups in total. The lowest BCUT2D eigenvalue weighted by molar-refractivity contribution is -0.122. The molecule has 0 saturated carbocycles. The van der Waals surface area contributed by atoms with Gasteiger partial charge in [-0.25, -0.2) is 4.99 Å². The lowest BCUT2D eigenvalue weighted by atomic mass is 10.1. The molecule has 0 aliphatic carbocycles. The number of nitriles is 1. The van der Waals surface area contributed by atoms with E-state index in [1.807, 2.05) is 0 Å². The molecule has 5 nitrogen and oxygen atoms in total. The summed E-state index contributed by atoms with van der Waals surface area (Å²) in [5.41, 5.74) is 5.25. The monoisotopic (exact) mass is 138 g/mol. The van der Waals surface area contributed by atoms with Crippen LogP contribution in [0, 0.1) is 17.2 Å². The zero-order valence-corrected chi connectivity index (χ0v) is 5.16. The molecule has 5 heteroatoms. The number of carbonyl (C=O) groups excluding carboxylic acids is 1. The normalized spacial score (nSPS) is 24.5. The summed E-state index contributed by atoms with van der Waals surface area (Å²) in [6.07, 6.45) is 0. The fourth-order valence-electron chi connectivity index (χ4n) is 0.661. The molecule has 0 aromatic carbocycles. The van der Waals surface area contributed by atoms with Gasteiger partial charge < -0.3 is 11.1 Å². The van der Waals surface area contributed by atoms with Crippen molar-refractivity contribution >= 4 is 11.7 Å². The summed E-state index contributed by atoms with van der Waals surface area (Å²) in [4.78, 5) is 14.4. The number of aliphatic imine (C=N–C) groups is 1. The number of amidine groups is 1. The number of hydrogen-bond donors (Lipinski definition) is 2. The Hall–Kier alpha value is -1.57. The van der Waals surface area contributed by atoms with Gasteiger partial charge in [-0.15, -0.1) is 0 Å². The van der Waals surface area contributed by atoms with Crippen LogP contribution in [0.2, 0.25) is 0 Å². The summed E-state index contributed by atoms with van der Waals surface area (Å²) < 4.78 is 0. The van der Waals surface area contributed by atoms with Crippen LogP contribution in [-0.4, -0.2) is 18.4 Å². The maximum atomic E-state index is 10.7. The van der Waals surface area contributed by atoms with E-state index in [4.69, 9.17) is 11.0 Å². The van der Waals surface area contributed by atoms with E-state index in [-0.39, 0.29) is 18.4 Å². The van der Waals surface area contributed by atoms with Crippen LogP contribution in [0.3, 0.4) is 0 Å². The van der Waals surface area contributed by atoms with Gasteiger partial charge in [0.05, 0.1) is 6.07 Å². The molecule has 1 amide bonds. The molecular formula is C5H6N4O. The Balaban J connectivity index is 2.85. The smallest absolute Gasteiger partial charge is 0.246 e. The van der Waals surface area contributed by atoms with Gasteiger partial charge in [0.15, 0.2) is 5.92 Å². The molecule has 1 aliphatic heterocycles. The second-order valence-electron chi connectivity index (χ2n) is 1.84. The van der Waals surface area contributed by atoms with E-state index in [2.05, 4.69) is 10.3 Å². The number of amides is 1. The number of nitrogens with two attached hydrogens (primary N) is 1. The second kappa shape index (κ2) is 2.35. The number of rotatable bonds is 0. The van der Waals surface area contributed by atoms with Gasteiger partial charge in [-0.3, -0.25) is 4.79 Å². The summed E-state index contributed by atoms with van der Waals surface area (Å²) in [7, 11) is 0. The van der Waals surface area contributed by atoms with Crippen LogP contribution in [0.5, 0.6) is 0 Å². The Morgan fingerprint density at radius 3 is 3.00 bits per heavy atom. The molecule has 0 saturated heterocycles. The van der Waals surface area contributed by atoms with E-state index in [1.54, 1.807) is 6.07 Å². The molecule has 1 rings (SSSR count). The van der Waals surface area contributed by atoms with Crippen molar-refractivity contribution in [2.75, 3.05) is 6.67 Å². The van der Waals surface area contributed by atoms with Crippen molar-refractivity contribution in [2.24, 2.45) is 16.6 Å².